The minimum absolute atomic E-state index is 0.505. The Balaban J connectivity index is 1.82. The van der Waals surface area contributed by atoms with Crippen molar-refractivity contribution in [2.24, 2.45) is 5.92 Å². The van der Waals surface area contributed by atoms with Crippen LogP contribution in [-0.2, 0) is 0 Å². The van der Waals surface area contributed by atoms with E-state index in [9.17, 15) is 0 Å². The van der Waals surface area contributed by atoms with Gasteiger partial charge in [-0.15, -0.1) is 5.10 Å². The lowest BCUT2D eigenvalue weighted by Crippen LogP contribution is -2.31. The molecule has 2 atom stereocenters. The number of benzene rings is 1. The summed E-state index contributed by atoms with van der Waals surface area (Å²) in [4.78, 5) is 0. The molecule has 1 N–H and O–H groups in total. The van der Waals surface area contributed by atoms with Crippen molar-refractivity contribution in [1.29, 1.82) is 0 Å². The predicted molar refractivity (Wildman–Crippen MR) is 83.8 cm³/mol. The van der Waals surface area contributed by atoms with Gasteiger partial charge in [-0.1, -0.05) is 37.8 Å². The summed E-state index contributed by atoms with van der Waals surface area (Å²) in [5.41, 5.74) is 1.88. The number of halogens is 1. The van der Waals surface area contributed by atoms with Gasteiger partial charge in [-0.05, 0) is 47.4 Å². The van der Waals surface area contributed by atoms with Crippen LogP contribution in [0.5, 0.6) is 0 Å². The Hall–Kier alpha value is -1.62. The molecule has 6 heteroatoms. The first-order chi connectivity index (χ1) is 10.3. The number of nitrogens with zero attached hydrogens (tertiary/aromatic N) is 4. The van der Waals surface area contributed by atoms with Crippen molar-refractivity contribution in [2.75, 3.05) is 5.32 Å². The number of hydrogen-bond donors (Lipinski definition) is 1. The van der Waals surface area contributed by atoms with Crippen molar-refractivity contribution in [3.63, 3.8) is 0 Å². The zero-order valence-corrected chi connectivity index (χ0v) is 12.9. The van der Waals surface area contributed by atoms with Crippen LogP contribution >= 0.6 is 11.6 Å². The second-order valence-corrected chi connectivity index (χ2v) is 6.03. The Morgan fingerprint density at radius 1 is 1.33 bits per heavy atom. The van der Waals surface area contributed by atoms with Gasteiger partial charge in [-0.2, -0.15) is 0 Å². The van der Waals surface area contributed by atoms with Crippen LogP contribution in [0.25, 0.3) is 5.69 Å². The van der Waals surface area contributed by atoms with Gasteiger partial charge in [0.1, 0.15) is 6.33 Å². The van der Waals surface area contributed by atoms with Crippen LogP contribution in [-0.4, -0.2) is 26.2 Å². The Morgan fingerprint density at radius 3 is 2.95 bits per heavy atom. The number of nitrogens with one attached hydrogen (secondary N) is 1. The van der Waals surface area contributed by atoms with Crippen molar-refractivity contribution >= 4 is 17.3 Å². The number of tetrazole rings is 1. The van der Waals surface area contributed by atoms with Crippen molar-refractivity contribution in [2.45, 2.75) is 45.1 Å². The molecule has 1 heterocycles. The van der Waals surface area contributed by atoms with E-state index >= 15 is 0 Å². The Bertz CT molecular complexity index is 584. The first kappa shape index (κ1) is 14.3. The SMILES string of the molecule is CCC1CCCCC1Nc1cc(-n2cnnn2)ccc1Cl. The topological polar surface area (TPSA) is 55.6 Å². The smallest absolute Gasteiger partial charge is 0.143 e. The summed E-state index contributed by atoms with van der Waals surface area (Å²) in [6.07, 6.45) is 7.94. The standard InChI is InChI=1S/C15H20ClN5/c1-2-11-5-3-4-6-14(11)18-15-9-12(7-8-13(15)16)21-10-17-19-20-21/h7-11,14,18H,2-6H2,1H3. The molecule has 0 spiro atoms. The quantitative estimate of drug-likeness (QED) is 0.936. The fourth-order valence-electron chi connectivity index (χ4n) is 3.13. The number of anilines is 1. The lowest BCUT2D eigenvalue weighted by Gasteiger charge is -2.32. The molecule has 5 nitrogen and oxygen atoms in total. The van der Waals surface area contributed by atoms with Crippen LogP contribution in [0.4, 0.5) is 5.69 Å². The molecule has 1 saturated carbocycles. The summed E-state index contributed by atoms with van der Waals surface area (Å²) in [6.45, 7) is 2.27. The van der Waals surface area contributed by atoms with E-state index in [0.29, 0.717) is 6.04 Å². The highest BCUT2D eigenvalue weighted by atomic mass is 35.5. The van der Waals surface area contributed by atoms with E-state index in [1.54, 1.807) is 11.0 Å². The van der Waals surface area contributed by atoms with Crippen LogP contribution in [0.2, 0.25) is 5.02 Å². The first-order valence-electron chi connectivity index (χ1n) is 7.57. The fourth-order valence-corrected chi connectivity index (χ4v) is 3.30. The van der Waals surface area contributed by atoms with Gasteiger partial charge in [0, 0.05) is 6.04 Å². The van der Waals surface area contributed by atoms with Crippen LogP contribution in [0, 0.1) is 5.92 Å². The van der Waals surface area contributed by atoms with Crippen molar-refractivity contribution in [3.05, 3.63) is 29.5 Å². The van der Waals surface area contributed by atoms with E-state index in [1.165, 1.54) is 32.1 Å². The monoisotopic (exact) mass is 305 g/mol. The second-order valence-electron chi connectivity index (χ2n) is 5.62. The van der Waals surface area contributed by atoms with Gasteiger partial charge < -0.3 is 5.32 Å². The highest BCUT2D eigenvalue weighted by molar-refractivity contribution is 6.33. The fraction of sp³-hybridized carbons (Fsp3) is 0.533. The van der Waals surface area contributed by atoms with Crippen molar-refractivity contribution in [1.82, 2.24) is 20.2 Å². The molecule has 0 aliphatic heterocycles. The summed E-state index contributed by atoms with van der Waals surface area (Å²) in [5.74, 6) is 0.728. The molecule has 2 unspecified atom stereocenters. The van der Waals surface area contributed by atoms with Gasteiger partial charge in [-0.3, -0.25) is 0 Å². The lowest BCUT2D eigenvalue weighted by atomic mass is 9.83. The first-order valence-corrected chi connectivity index (χ1v) is 7.95. The molecular formula is C15H20ClN5. The van der Waals surface area contributed by atoms with E-state index < -0.39 is 0 Å². The Morgan fingerprint density at radius 2 is 2.19 bits per heavy atom. The maximum Gasteiger partial charge on any atom is 0.143 e. The third-order valence-corrected chi connectivity index (χ3v) is 4.67. The average molecular weight is 306 g/mol. The number of aromatic nitrogens is 4. The molecule has 112 valence electrons. The van der Waals surface area contributed by atoms with Gasteiger partial charge in [0.25, 0.3) is 0 Å². The molecule has 0 saturated heterocycles. The zero-order chi connectivity index (χ0) is 14.7. The average Bonchev–Trinajstić information content (AvgIpc) is 3.04. The van der Waals surface area contributed by atoms with Gasteiger partial charge in [0.2, 0.25) is 0 Å². The van der Waals surface area contributed by atoms with Crippen molar-refractivity contribution in [3.8, 4) is 5.69 Å². The highest BCUT2D eigenvalue weighted by Gasteiger charge is 2.24. The summed E-state index contributed by atoms with van der Waals surface area (Å²) in [6, 6.07) is 6.33. The van der Waals surface area contributed by atoms with Crippen LogP contribution in [0.15, 0.2) is 24.5 Å². The molecule has 1 aromatic heterocycles. The molecule has 0 radical (unpaired) electrons. The largest absolute Gasteiger partial charge is 0.381 e. The minimum Gasteiger partial charge on any atom is -0.381 e. The van der Waals surface area contributed by atoms with Crippen molar-refractivity contribution < 1.29 is 0 Å². The zero-order valence-electron chi connectivity index (χ0n) is 12.2. The third-order valence-electron chi connectivity index (χ3n) is 4.34. The molecule has 2 aromatic rings. The maximum absolute atomic E-state index is 6.34. The Labute approximate surface area is 129 Å². The van der Waals surface area contributed by atoms with Gasteiger partial charge in [0.05, 0.1) is 16.4 Å². The Kier molecular flexibility index (Phi) is 4.39. The van der Waals surface area contributed by atoms with Gasteiger partial charge >= 0.3 is 0 Å². The molecule has 1 aliphatic rings. The summed E-state index contributed by atoms with van der Waals surface area (Å²) >= 11 is 6.34. The van der Waals surface area contributed by atoms with E-state index in [-0.39, 0.29) is 0 Å². The molecular weight excluding hydrogens is 286 g/mol. The lowest BCUT2D eigenvalue weighted by molar-refractivity contribution is 0.317. The number of rotatable bonds is 4. The van der Waals surface area contributed by atoms with E-state index in [0.717, 1.165) is 22.3 Å². The highest BCUT2D eigenvalue weighted by Crippen LogP contribution is 2.32. The maximum atomic E-state index is 6.34. The summed E-state index contributed by atoms with van der Waals surface area (Å²) < 4.78 is 1.64. The number of hydrogen-bond acceptors (Lipinski definition) is 4. The van der Waals surface area contributed by atoms with E-state index in [2.05, 4.69) is 27.8 Å². The molecule has 3 rings (SSSR count). The molecule has 21 heavy (non-hydrogen) atoms. The summed E-state index contributed by atoms with van der Waals surface area (Å²) in [7, 11) is 0. The van der Waals surface area contributed by atoms with Gasteiger partial charge in [0.15, 0.2) is 0 Å². The summed E-state index contributed by atoms with van der Waals surface area (Å²) in [5, 5.41) is 15.6. The molecule has 1 fully saturated rings. The molecule has 0 amide bonds. The second kappa shape index (κ2) is 6.43. The third kappa shape index (κ3) is 3.18. The van der Waals surface area contributed by atoms with E-state index in [1.807, 2.05) is 18.2 Å². The molecule has 1 aromatic carbocycles. The van der Waals surface area contributed by atoms with Crippen LogP contribution in [0.3, 0.4) is 0 Å². The molecule has 0 bridgehead atoms. The van der Waals surface area contributed by atoms with Crippen LogP contribution in [0.1, 0.15) is 39.0 Å². The normalized spacial score (nSPS) is 22.2. The van der Waals surface area contributed by atoms with Gasteiger partial charge in [-0.25, -0.2) is 4.68 Å². The van der Waals surface area contributed by atoms with E-state index in [4.69, 9.17) is 11.6 Å². The minimum atomic E-state index is 0.505. The predicted octanol–water partition coefficient (Wildman–Crippen LogP) is 3.70. The van der Waals surface area contributed by atoms with Crippen LogP contribution < -0.4 is 5.32 Å². The molecule has 1 aliphatic carbocycles.